The van der Waals surface area contributed by atoms with Gasteiger partial charge in [-0.2, -0.15) is 13.2 Å². The Morgan fingerprint density at radius 1 is 0.816 bits per heavy atom. The number of nitrogens with zero attached hydrogens (tertiary/aromatic N) is 2. The standard InChI is InChI=1S/C38H32F3N3O5/c1-3-44(24-25-9-17-31(18-10-25)49-37(47)29-14-20-34(42-23-29)26-7-5-4-6-8-26)36(46)27-11-15-30(16-12-27)43-35(45)21-28-13-19-32(48-2)22-33(28)38(39,40)41/h4-20,22-23H,3,21,24H2,1-2H3,(H,43,45). The summed E-state index contributed by atoms with van der Waals surface area (Å²) in [7, 11) is 1.26. The molecule has 0 aliphatic heterocycles. The van der Waals surface area contributed by atoms with Gasteiger partial charge in [-0.25, -0.2) is 4.79 Å². The van der Waals surface area contributed by atoms with Crippen molar-refractivity contribution < 1.29 is 37.0 Å². The van der Waals surface area contributed by atoms with Crippen molar-refractivity contribution in [3.05, 3.63) is 143 Å². The molecule has 0 spiro atoms. The van der Waals surface area contributed by atoms with Crippen LogP contribution in [0.1, 0.15) is 44.3 Å². The van der Waals surface area contributed by atoms with E-state index in [1.165, 1.54) is 37.6 Å². The van der Waals surface area contributed by atoms with Gasteiger partial charge in [-0.1, -0.05) is 48.5 Å². The number of methoxy groups -OCH3 is 1. The first-order valence-electron chi connectivity index (χ1n) is 15.3. The van der Waals surface area contributed by atoms with Crippen molar-refractivity contribution in [3.63, 3.8) is 0 Å². The van der Waals surface area contributed by atoms with Crippen LogP contribution in [0.25, 0.3) is 11.3 Å². The zero-order valence-corrected chi connectivity index (χ0v) is 26.7. The lowest BCUT2D eigenvalue weighted by molar-refractivity contribution is -0.138. The molecule has 0 aliphatic rings. The number of hydrogen-bond donors (Lipinski definition) is 1. The van der Waals surface area contributed by atoms with Crippen LogP contribution in [-0.2, 0) is 23.9 Å². The Balaban J connectivity index is 1.15. The largest absolute Gasteiger partial charge is 0.497 e. The normalized spacial score (nSPS) is 11.0. The highest BCUT2D eigenvalue weighted by atomic mass is 19.4. The van der Waals surface area contributed by atoms with Gasteiger partial charge in [0.2, 0.25) is 5.91 Å². The van der Waals surface area contributed by atoms with Gasteiger partial charge in [0.1, 0.15) is 11.5 Å². The van der Waals surface area contributed by atoms with Crippen molar-refractivity contribution in [1.82, 2.24) is 9.88 Å². The topological polar surface area (TPSA) is 97.8 Å². The maximum absolute atomic E-state index is 13.5. The molecular formula is C38H32F3N3O5. The minimum Gasteiger partial charge on any atom is -0.497 e. The lowest BCUT2D eigenvalue weighted by Gasteiger charge is -2.21. The highest BCUT2D eigenvalue weighted by Gasteiger charge is 2.34. The summed E-state index contributed by atoms with van der Waals surface area (Å²) >= 11 is 0. The molecule has 0 aliphatic carbocycles. The SMILES string of the molecule is CCN(Cc1ccc(OC(=O)c2ccc(-c3ccccc3)nc2)cc1)C(=O)c1ccc(NC(=O)Cc2ccc(OC)cc2C(F)(F)F)cc1. The van der Waals surface area contributed by atoms with Gasteiger partial charge in [0, 0.05) is 36.1 Å². The van der Waals surface area contributed by atoms with Crippen molar-refractivity contribution >= 4 is 23.5 Å². The number of ether oxygens (including phenoxy) is 2. The third kappa shape index (κ3) is 8.89. The number of halogens is 3. The molecule has 1 N–H and O–H groups in total. The van der Waals surface area contributed by atoms with E-state index in [9.17, 15) is 27.6 Å². The van der Waals surface area contributed by atoms with Crippen molar-refractivity contribution in [2.24, 2.45) is 0 Å². The van der Waals surface area contributed by atoms with Crippen LogP contribution in [0.3, 0.4) is 0 Å². The molecule has 0 atom stereocenters. The highest BCUT2D eigenvalue weighted by Crippen LogP contribution is 2.35. The second-order valence-corrected chi connectivity index (χ2v) is 11.0. The number of amides is 2. The predicted molar refractivity (Wildman–Crippen MR) is 178 cm³/mol. The lowest BCUT2D eigenvalue weighted by Crippen LogP contribution is -2.30. The first-order chi connectivity index (χ1) is 23.5. The molecular weight excluding hydrogens is 635 g/mol. The number of pyridine rings is 1. The first-order valence-corrected chi connectivity index (χ1v) is 15.3. The number of rotatable bonds is 11. The maximum atomic E-state index is 13.5. The highest BCUT2D eigenvalue weighted by molar-refractivity contribution is 5.96. The van der Waals surface area contributed by atoms with Gasteiger partial charge in [-0.15, -0.1) is 0 Å². The molecule has 0 unspecified atom stereocenters. The molecule has 1 heterocycles. The Kier molecular flexibility index (Phi) is 10.7. The monoisotopic (exact) mass is 667 g/mol. The van der Waals surface area contributed by atoms with Gasteiger partial charge in [0.25, 0.3) is 5.91 Å². The summed E-state index contributed by atoms with van der Waals surface area (Å²) < 4.78 is 51.0. The Morgan fingerprint density at radius 2 is 1.49 bits per heavy atom. The molecule has 5 aromatic rings. The molecule has 5 rings (SSSR count). The minimum atomic E-state index is -4.65. The molecule has 0 saturated carbocycles. The molecule has 1 aromatic heterocycles. The van der Waals surface area contributed by atoms with Crippen LogP contribution in [0.4, 0.5) is 18.9 Å². The van der Waals surface area contributed by atoms with Crippen molar-refractivity contribution in [1.29, 1.82) is 0 Å². The number of benzene rings is 4. The van der Waals surface area contributed by atoms with Gasteiger partial charge in [-0.05, 0) is 78.7 Å². The van der Waals surface area contributed by atoms with E-state index in [4.69, 9.17) is 9.47 Å². The summed E-state index contributed by atoms with van der Waals surface area (Å²) in [6.07, 6.45) is -3.68. The van der Waals surface area contributed by atoms with E-state index in [-0.39, 0.29) is 23.8 Å². The Morgan fingerprint density at radius 3 is 2.10 bits per heavy atom. The van der Waals surface area contributed by atoms with E-state index in [2.05, 4.69) is 10.3 Å². The lowest BCUT2D eigenvalue weighted by atomic mass is 10.0. The van der Waals surface area contributed by atoms with E-state index in [1.54, 1.807) is 53.4 Å². The predicted octanol–water partition coefficient (Wildman–Crippen LogP) is 7.84. The van der Waals surface area contributed by atoms with Gasteiger partial charge >= 0.3 is 12.1 Å². The van der Waals surface area contributed by atoms with Crippen molar-refractivity contribution in [3.8, 4) is 22.8 Å². The first kappa shape index (κ1) is 34.4. The van der Waals surface area contributed by atoms with E-state index in [0.717, 1.165) is 22.9 Å². The summed E-state index contributed by atoms with van der Waals surface area (Å²) in [5, 5.41) is 2.58. The van der Waals surface area contributed by atoms with Crippen molar-refractivity contribution in [2.75, 3.05) is 19.0 Å². The van der Waals surface area contributed by atoms with Crippen LogP contribution < -0.4 is 14.8 Å². The number of carbonyl (C=O) groups is 3. The van der Waals surface area contributed by atoms with E-state index >= 15 is 0 Å². The number of nitrogens with one attached hydrogen (secondary N) is 1. The minimum absolute atomic E-state index is 0.0373. The number of esters is 1. The maximum Gasteiger partial charge on any atom is 0.416 e. The molecule has 0 fully saturated rings. The summed E-state index contributed by atoms with van der Waals surface area (Å²) in [5.41, 5.74) is 2.37. The Bertz CT molecular complexity index is 1910. The van der Waals surface area contributed by atoms with E-state index in [0.29, 0.717) is 29.1 Å². The molecule has 4 aromatic carbocycles. The molecule has 0 bridgehead atoms. The summed E-state index contributed by atoms with van der Waals surface area (Å²) in [6, 6.07) is 29.4. The number of aromatic nitrogens is 1. The zero-order valence-electron chi connectivity index (χ0n) is 26.7. The van der Waals surface area contributed by atoms with E-state index in [1.807, 2.05) is 37.3 Å². The van der Waals surface area contributed by atoms with Crippen molar-refractivity contribution in [2.45, 2.75) is 26.1 Å². The molecule has 11 heteroatoms. The number of alkyl halides is 3. The van der Waals surface area contributed by atoms with Crippen LogP contribution in [-0.4, -0.2) is 41.3 Å². The summed E-state index contributed by atoms with van der Waals surface area (Å²) in [4.78, 5) is 44.5. The Labute approximate surface area is 281 Å². The number of hydrogen-bond acceptors (Lipinski definition) is 6. The summed E-state index contributed by atoms with van der Waals surface area (Å²) in [6.45, 7) is 2.54. The fourth-order valence-electron chi connectivity index (χ4n) is 5.03. The van der Waals surface area contributed by atoms with Crippen LogP contribution in [0.5, 0.6) is 11.5 Å². The molecule has 250 valence electrons. The second-order valence-electron chi connectivity index (χ2n) is 11.0. The quantitative estimate of drug-likeness (QED) is 0.114. The molecule has 8 nitrogen and oxygen atoms in total. The smallest absolute Gasteiger partial charge is 0.416 e. The van der Waals surface area contributed by atoms with Gasteiger partial charge < -0.3 is 19.7 Å². The Hall–Kier alpha value is -5.97. The molecule has 49 heavy (non-hydrogen) atoms. The fraction of sp³-hybridized carbons (Fsp3) is 0.158. The molecule has 0 saturated heterocycles. The van der Waals surface area contributed by atoms with Gasteiger partial charge in [0.15, 0.2) is 0 Å². The average Bonchev–Trinajstić information content (AvgIpc) is 3.11. The summed E-state index contributed by atoms with van der Waals surface area (Å²) in [5.74, 6) is -1.06. The fourth-order valence-corrected chi connectivity index (χ4v) is 5.03. The van der Waals surface area contributed by atoms with Gasteiger partial charge in [0.05, 0.1) is 30.4 Å². The molecule has 2 amide bonds. The van der Waals surface area contributed by atoms with E-state index < -0.39 is 30.0 Å². The van der Waals surface area contributed by atoms with Crippen LogP contribution >= 0.6 is 0 Å². The van der Waals surface area contributed by atoms with Crippen LogP contribution in [0.2, 0.25) is 0 Å². The van der Waals surface area contributed by atoms with Crippen LogP contribution in [0, 0.1) is 0 Å². The average molecular weight is 668 g/mol. The second kappa shape index (κ2) is 15.3. The number of carbonyl (C=O) groups excluding carboxylic acids is 3. The van der Waals surface area contributed by atoms with Gasteiger partial charge in [-0.3, -0.25) is 14.6 Å². The number of anilines is 1. The zero-order chi connectivity index (χ0) is 35.0. The van der Waals surface area contributed by atoms with Crippen LogP contribution in [0.15, 0.2) is 115 Å². The third-order valence-electron chi connectivity index (χ3n) is 7.63. The third-order valence-corrected chi connectivity index (χ3v) is 7.63. The molecule has 0 radical (unpaired) electrons.